The van der Waals surface area contributed by atoms with Gasteiger partial charge in [-0.15, -0.1) is 0 Å². The Hall–Kier alpha value is -1.11. The number of hydrogen-bond donors (Lipinski definition) is 6. The molecule has 0 aromatic rings. The molecule has 4 aliphatic carbocycles. The number of piperidine rings is 2. The van der Waals surface area contributed by atoms with E-state index < -0.39 is 75.1 Å². The van der Waals surface area contributed by atoms with E-state index in [2.05, 4.69) is 11.8 Å². The Kier molecular flexibility index (Phi) is 6.04. The number of carbonyl (C=O) groups is 1. The fourth-order valence-corrected chi connectivity index (χ4v) is 11.8. The lowest BCUT2D eigenvalue weighted by Gasteiger charge is -2.68. The van der Waals surface area contributed by atoms with E-state index in [0.717, 1.165) is 6.42 Å². The molecule has 7 fully saturated rings. The van der Waals surface area contributed by atoms with Gasteiger partial charge in [-0.05, 0) is 65.2 Å². The zero-order valence-corrected chi connectivity index (χ0v) is 25.5. The Balaban J connectivity index is 1.32. The smallest absolute Gasteiger partial charge is 0.333 e. The number of nitrogens with zero attached hydrogens (tertiary/aromatic N) is 1. The van der Waals surface area contributed by atoms with Crippen molar-refractivity contribution in [2.45, 2.75) is 138 Å². The van der Waals surface area contributed by atoms with Crippen LogP contribution in [0.4, 0.5) is 0 Å². The summed E-state index contributed by atoms with van der Waals surface area (Å²) in [7, 11) is 0. The number of allylic oxidation sites excluding steroid dienone is 1. The zero-order valence-electron chi connectivity index (χ0n) is 25.5. The van der Waals surface area contributed by atoms with Gasteiger partial charge in [0.25, 0.3) is 0 Å². The molecule has 0 aromatic heterocycles. The third-order valence-electron chi connectivity index (χ3n) is 14.1. The summed E-state index contributed by atoms with van der Waals surface area (Å²) in [6.07, 6.45) is 2.30. The first-order chi connectivity index (χ1) is 19.5. The number of hydrogen-bond acceptors (Lipinski definition) is 10. The first-order valence-corrected chi connectivity index (χ1v) is 16.0. The van der Waals surface area contributed by atoms with Crippen molar-refractivity contribution in [3.63, 3.8) is 0 Å². The molecule has 10 nitrogen and oxygen atoms in total. The fourth-order valence-electron chi connectivity index (χ4n) is 11.8. The number of rotatable bonds is 2. The van der Waals surface area contributed by atoms with Gasteiger partial charge in [0.2, 0.25) is 5.79 Å². The van der Waals surface area contributed by atoms with Crippen molar-refractivity contribution in [3.8, 4) is 0 Å². The molecule has 0 radical (unpaired) electrons. The van der Waals surface area contributed by atoms with Gasteiger partial charge < -0.3 is 40.1 Å². The molecule has 10 heteroatoms. The summed E-state index contributed by atoms with van der Waals surface area (Å²) in [5, 5.41) is 73.9. The van der Waals surface area contributed by atoms with Crippen LogP contribution in [-0.4, -0.2) is 107 Å². The molecule has 3 heterocycles. The van der Waals surface area contributed by atoms with Gasteiger partial charge in [0, 0.05) is 60.7 Å². The predicted molar refractivity (Wildman–Crippen MR) is 150 cm³/mol. The van der Waals surface area contributed by atoms with E-state index in [1.54, 1.807) is 26.8 Å². The average Bonchev–Trinajstić information content (AvgIpc) is 3.09. The number of fused-ring (bicyclic) bond motifs is 5. The van der Waals surface area contributed by atoms with Gasteiger partial charge in [0.1, 0.15) is 22.4 Å². The summed E-state index contributed by atoms with van der Waals surface area (Å²) in [5.74, 6) is -4.05. The molecule has 0 aromatic carbocycles. The minimum absolute atomic E-state index is 0.0606. The second-order valence-corrected chi connectivity index (χ2v) is 15.7. The summed E-state index contributed by atoms with van der Waals surface area (Å²) in [4.78, 5) is 14.9. The van der Waals surface area contributed by atoms with E-state index in [9.17, 15) is 35.4 Å². The number of carbonyl (C=O) groups excluding carboxylic acids is 1. The highest BCUT2D eigenvalue weighted by Crippen LogP contribution is 2.78. The van der Waals surface area contributed by atoms with Crippen LogP contribution in [0.25, 0.3) is 0 Å². The highest BCUT2D eigenvalue weighted by atomic mass is 16.7. The molecular weight excluding hydrogens is 542 g/mol. The molecule has 4 saturated carbocycles. The second kappa shape index (κ2) is 8.57. The molecule has 42 heavy (non-hydrogen) atoms. The van der Waals surface area contributed by atoms with Crippen LogP contribution in [0.15, 0.2) is 11.6 Å². The molecule has 7 aliphatic rings. The van der Waals surface area contributed by atoms with E-state index in [1.165, 1.54) is 0 Å². The Labute approximate surface area is 247 Å². The Morgan fingerprint density at radius 2 is 1.64 bits per heavy atom. The summed E-state index contributed by atoms with van der Waals surface area (Å²) in [5.41, 5.74) is -8.96. The van der Waals surface area contributed by atoms with Crippen LogP contribution < -0.4 is 0 Å². The maximum absolute atomic E-state index is 12.9. The van der Waals surface area contributed by atoms with Crippen molar-refractivity contribution < 1.29 is 44.9 Å². The molecule has 1 spiro atoms. The van der Waals surface area contributed by atoms with Crippen LogP contribution in [0.2, 0.25) is 0 Å². The van der Waals surface area contributed by atoms with E-state index >= 15 is 0 Å². The van der Waals surface area contributed by atoms with Crippen LogP contribution >= 0.6 is 0 Å². The van der Waals surface area contributed by atoms with Gasteiger partial charge in [0.05, 0.1) is 11.7 Å². The maximum Gasteiger partial charge on any atom is 0.333 e. The molecule has 6 N–H and O–H groups in total. The van der Waals surface area contributed by atoms with E-state index in [0.29, 0.717) is 50.1 Å². The minimum Gasteiger partial charge on any atom is -0.453 e. The minimum atomic E-state index is -2.06. The van der Waals surface area contributed by atoms with Crippen molar-refractivity contribution in [1.82, 2.24) is 4.90 Å². The molecule has 3 aliphatic heterocycles. The SMILES string of the molecule is C/C=C(/C)C(=O)OC1CC[C@@]2(C)[C@@H]3CC[C@H]4[C@]5(O)C[C@H](O)[C@@]6(O)[C@@H](CN7C[C@@H](C)CC[C@@H]7[C@@]6(C)O)[C@]5(O)C[C@@]42OC13O. The number of aliphatic hydroxyl groups excluding tert-OH is 1. The quantitative estimate of drug-likeness (QED) is 0.202. The molecule has 14 atom stereocenters. The lowest BCUT2D eigenvalue weighted by atomic mass is 9.49. The summed E-state index contributed by atoms with van der Waals surface area (Å²) >= 11 is 0. The molecule has 2 unspecified atom stereocenters. The monoisotopic (exact) mass is 591 g/mol. The predicted octanol–water partition coefficient (Wildman–Crippen LogP) is 0.991. The Morgan fingerprint density at radius 3 is 2.33 bits per heavy atom. The van der Waals surface area contributed by atoms with Crippen LogP contribution in [-0.2, 0) is 14.3 Å². The van der Waals surface area contributed by atoms with E-state index in [-0.39, 0.29) is 25.4 Å². The molecule has 236 valence electrons. The Morgan fingerprint density at radius 1 is 0.952 bits per heavy atom. The van der Waals surface area contributed by atoms with E-state index in [4.69, 9.17) is 9.47 Å². The lowest BCUT2D eigenvalue weighted by molar-refractivity contribution is -0.354. The number of ether oxygens (including phenoxy) is 2. The third kappa shape index (κ3) is 3.07. The van der Waals surface area contributed by atoms with Crippen molar-refractivity contribution in [2.24, 2.45) is 29.1 Å². The fraction of sp³-hybridized carbons (Fsp3) is 0.906. The highest BCUT2D eigenvalue weighted by molar-refractivity contribution is 5.87. The van der Waals surface area contributed by atoms with Crippen LogP contribution in [0.1, 0.15) is 86.0 Å². The summed E-state index contributed by atoms with van der Waals surface area (Å²) in [6.45, 7) is 10.1. The molecule has 7 rings (SSSR count). The highest BCUT2D eigenvalue weighted by Gasteiger charge is 2.88. The summed E-state index contributed by atoms with van der Waals surface area (Å²) in [6, 6.07) is -0.387. The third-order valence-corrected chi connectivity index (χ3v) is 14.1. The zero-order chi connectivity index (χ0) is 30.5. The van der Waals surface area contributed by atoms with Gasteiger partial charge in [-0.25, -0.2) is 4.79 Å². The van der Waals surface area contributed by atoms with E-state index in [1.807, 2.05) is 6.92 Å². The van der Waals surface area contributed by atoms with Crippen molar-refractivity contribution >= 4 is 5.97 Å². The van der Waals surface area contributed by atoms with Crippen LogP contribution in [0.5, 0.6) is 0 Å². The molecule has 4 bridgehead atoms. The average molecular weight is 592 g/mol. The summed E-state index contributed by atoms with van der Waals surface area (Å²) < 4.78 is 12.6. The van der Waals surface area contributed by atoms with Crippen molar-refractivity contribution in [2.75, 3.05) is 13.1 Å². The Bertz CT molecular complexity index is 1220. The topological polar surface area (TPSA) is 160 Å². The second-order valence-electron chi connectivity index (χ2n) is 15.7. The van der Waals surface area contributed by atoms with Crippen molar-refractivity contribution in [1.29, 1.82) is 0 Å². The van der Waals surface area contributed by atoms with Gasteiger partial charge in [-0.3, -0.25) is 4.90 Å². The van der Waals surface area contributed by atoms with Crippen LogP contribution in [0.3, 0.4) is 0 Å². The maximum atomic E-state index is 12.9. The largest absolute Gasteiger partial charge is 0.453 e. The lowest BCUT2D eigenvalue weighted by Crippen LogP contribution is -2.85. The van der Waals surface area contributed by atoms with Crippen molar-refractivity contribution in [3.05, 3.63) is 11.6 Å². The first kappa shape index (κ1) is 29.6. The molecular formula is C32H49NO9. The molecule has 3 saturated heterocycles. The van der Waals surface area contributed by atoms with Gasteiger partial charge >= 0.3 is 5.97 Å². The standard InChI is InChI=1S/C32H49NO9/c1-6-18(3)25(35)41-24-11-12-26(4)19-8-9-20-28(37)13-23(34)31(39)21(29(28,38)16-30(20,26)42-32(19,24)40)15-33-14-17(2)7-10-22(33)27(31,5)36/h6,17,19-24,34,36-40H,7-16H2,1-5H3/b18-6-/t17-,19-,20-,21-,22+,23-,24?,26-,27+,28+,29+,30+,31-,32?/m0/s1. The van der Waals surface area contributed by atoms with Gasteiger partial charge in [-0.2, -0.15) is 0 Å². The number of esters is 1. The normalized spacial score (nSPS) is 60.3. The van der Waals surface area contributed by atoms with Gasteiger partial charge in [0.15, 0.2) is 6.10 Å². The van der Waals surface area contributed by atoms with Gasteiger partial charge in [-0.1, -0.05) is 19.9 Å². The van der Waals surface area contributed by atoms with Crippen LogP contribution in [0, 0.1) is 29.1 Å². The molecule has 0 amide bonds. The number of aliphatic hydroxyl groups is 6. The first-order valence-electron chi connectivity index (χ1n) is 16.0.